The number of nitro benzene ring substituents is 1. The Kier molecular flexibility index (Phi) is 3.97. The highest BCUT2D eigenvalue weighted by Gasteiger charge is 2.28. The van der Waals surface area contributed by atoms with Gasteiger partial charge >= 0.3 is 5.97 Å². The van der Waals surface area contributed by atoms with E-state index in [9.17, 15) is 19.7 Å². The molecule has 1 amide bonds. The number of benzene rings is 1. The molecule has 1 aromatic rings. The van der Waals surface area contributed by atoms with Crippen molar-refractivity contribution in [3.05, 3.63) is 39.4 Å². The standard InChI is InChI=1S/C13H14N2O5/c16-12(17)3-1-2-6-14-8-9-4-5-10(15(19)20)7-11(9)13(14)18/h4-5,7H,1-3,6,8H2,(H,16,17). The van der Waals surface area contributed by atoms with Gasteiger partial charge in [0, 0.05) is 31.6 Å². The predicted molar refractivity (Wildman–Crippen MR) is 69.3 cm³/mol. The van der Waals surface area contributed by atoms with Crippen LogP contribution in [0.2, 0.25) is 0 Å². The normalized spacial score (nSPS) is 13.4. The van der Waals surface area contributed by atoms with Gasteiger partial charge in [0.1, 0.15) is 0 Å². The molecule has 0 bridgehead atoms. The third kappa shape index (κ3) is 2.93. The maximum atomic E-state index is 12.1. The van der Waals surface area contributed by atoms with E-state index in [4.69, 9.17) is 5.11 Å². The highest BCUT2D eigenvalue weighted by molar-refractivity contribution is 5.98. The van der Waals surface area contributed by atoms with Crippen molar-refractivity contribution >= 4 is 17.6 Å². The number of fused-ring (bicyclic) bond motifs is 1. The molecule has 7 heteroatoms. The lowest BCUT2D eigenvalue weighted by atomic mass is 10.1. The summed E-state index contributed by atoms with van der Waals surface area (Å²) in [6.07, 6.45) is 1.20. The first-order chi connectivity index (χ1) is 9.49. The van der Waals surface area contributed by atoms with Crippen LogP contribution in [-0.2, 0) is 11.3 Å². The van der Waals surface area contributed by atoms with E-state index in [2.05, 4.69) is 0 Å². The van der Waals surface area contributed by atoms with Crippen LogP contribution < -0.4 is 0 Å². The van der Waals surface area contributed by atoms with Crippen molar-refractivity contribution in [3.8, 4) is 0 Å². The third-order valence-electron chi connectivity index (χ3n) is 3.25. The molecule has 106 valence electrons. The van der Waals surface area contributed by atoms with Gasteiger partial charge in [-0.3, -0.25) is 19.7 Å². The van der Waals surface area contributed by atoms with Gasteiger partial charge in [-0.2, -0.15) is 0 Å². The lowest BCUT2D eigenvalue weighted by Gasteiger charge is -2.14. The molecule has 0 saturated carbocycles. The molecule has 1 aliphatic heterocycles. The SMILES string of the molecule is O=C(O)CCCCN1Cc2ccc([N+](=O)[O-])cc2C1=O. The number of rotatable bonds is 6. The van der Waals surface area contributed by atoms with Crippen molar-refractivity contribution in [2.75, 3.05) is 6.54 Å². The van der Waals surface area contributed by atoms with E-state index in [0.29, 0.717) is 31.5 Å². The van der Waals surface area contributed by atoms with Gasteiger partial charge in [-0.05, 0) is 24.5 Å². The molecule has 0 fully saturated rings. The van der Waals surface area contributed by atoms with Crippen LogP contribution in [0.3, 0.4) is 0 Å². The molecule has 0 aromatic heterocycles. The number of carboxylic acid groups (broad SMARTS) is 1. The molecule has 1 aliphatic rings. The fourth-order valence-electron chi connectivity index (χ4n) is 2.22. The Morgan fingerprint density at radius 1 is 1.40 bits per heavy atom. The van der Waals surface area contributed by atoms with Gasteiger partial charge in [0.15, 0.2) is 0 Å². The minimum atomic E-state index is -0.850. The molecule has 0 spiro atoms. The maximum Gasteiger partial charge on any atom is 0.303 e. The van der Waals surface area contributed by atoms with Crippen molar-refractivity contribution in [3.63, 3.8) is 0 Å². The van der Waals surface area contributed by atoms with Gasteiger partial charge in [0.25, 0.3) is 11.6 Å². The summed E-state index contributed by atoms with van der Waals surface area (Å²) in [6.45, 7) is 0.897. The zero-order valence-corrected chi connectivity index (χ0v) is 10.7. The number of unbranched alkanes of at least 4 members (excludes halogenated alkanes) is 1. The average molecular weight is 278 g/mol. The number of nitrogens with zero attached hydrogens (tertiary/aromatic N) is 2. The first-order valence-corrected chi connectivity index (χ1v) is 6.27. The Bertz CT molecular complexity index is 570. The predicted octanol–water partition coefficient (Wildman–Crippen LogP) is 1.81. The number of carbonyl (C=O) groups excluding carboxylic acids is 1. The summed E-state index contributed by atoms with van der Waals surface area (Å²) >= 11 is 0. The van der Waals surface area contributed by atoms with Gasteiger partial charge in [-0.15, -0.1) is 0 Å². The molecule has 0 radical (unpaired) electrons. The van der Waals surface area contributed by atoms with Gasteiger partial charge in [-0.25, -0.2) is 0 Å². The third-order valence-corrected chi connectivity index (χ3v) is 3.25. The van der Waals surface area contributed by atoms with Crippen molar-refractivity contribution < 1.29 is 19.6 Å². The molecule has 1 heterocycles. The molecule has 1 aromatic carbocycles. The Balaban J connectivity index is 1.99. The van der Waals surface area contributed by atoms with Crippen molar-refractivity contribution in [1.29, 1.82) is 0 Å². The molecule has 0 atom stereocenters. The Morgan fingerprint density at radius 2 is 2.15 bits per heavy atom. The van der Waals surface area contributed by atoms with E-state index in [1.807, 2.05) is 0 Å². The molecule has 0 aliphatic carbocycles. The fraction of sp³-hybridized carbons (Fsp3) is 0.385. The van der Waals surface area contributed by atoms with E-state index < -0.39 is 10.9 Å². The molecule has 0 saturated heterocycles. The number of aliphatic carboxylic acids is 1. The molecule has 2 rings (SSSR count). The van der Waals surface area contributed by atoms with Crippen LogP contribution in [-0.4, -0.2) is 33.4 Å². The lowest BCUT2D eigenvalue weighted by Crippen LogP contribution is -2.25. The molecular formula is C13H14N2O5. The molecule has 20 heavy (non-hydrogen) atoms. The maximum absolute atomic E-state index is 12.1. The summed E-state index contributed by atoms with van der Waals surface area (Å²) in [5.41, 5.74) is 1.06. The molecule has 1 N–H and O–H groups in total. The lowest BCUT2D eigenvalue weighted by molar-refractivity contribution is -0.384. The summed E-state index contributed by atoms with van der Waals surface area (Å²) in [5.74, 6) is -1.07. The van der Waals surface area contributed by atoms with Gasteiger partial charge in [0.05, 0.1) is 10.5 Å². The van der Waals surface area contributed by atoms with Crippen molar-refractivity contribution in [2.45, 2.75) is 25.8 Å². The first-order valence-electron chi connectivity index (χ1n) is 6.27. The topological polar surface area (TPSA) is 101 Å². The van der Waals surface area contributed by atoms with E-state index in [-0.39, 0.29) is 18.0 Å². The van der Waals surface area contributed by atoms with E-state index in [0.717, 1.165) is 5.56 Å². The summed E-state index contributed by atoms with van der Waals surface area (Å²) in [5, 5.41) is 19.2. The minimum Gasteiger partial charge on any atom is -0.481 e. The largest absolute Gasteiger partial charge is 0.481 e. The van der Waals surface area contributed by atoms with Gasteiger partial charge < -0.3 is 10.0 Å². The van der Waals surface area contributed by atoms with E-state index >= 15 is 0 Å². The molecular weight excluding hydrogens is 264 g/mol. The highest BCUT2D eigenvalue weighted by atomic mass is 16.6. The zero-order valence-electron chi connectivity index (χ0n) is 10.7. The average Bonchev–Trinajstić information content (AvgIpc) is 2.71. The van der Waals surface area contributed by atoms with Crippen LogP contribution in [0.15, 0.2) is 18.2 Å². The monoisotopic (exact) mass is 278 g/mol. The second-order valence-electron chi connectivity index (χ2n) is 4.68. The summed E-state index contributed by atoms with van der Waals surface area (Å²) in [6, 6.07) is 4.29. The first kappa shape index (κ1) is 14.0. The number of nitro groups is 1. The molecule has 7 nitrogen and oxygen atoms in total. The second-order valence-corrected chi connectivity index (χ2v) is 4.68. The Morgan fingerprint density at radius 3 is 2.80 bits per heavy atom. The summed E-state index contributed by atoms with van der Waals surface area (Å²) in [4.78, 5) is 34.2. The van der Waals surface area contributed by atoms with Gasteiger partial charge in [0.2, 0.25) is 0 Å². The number of non-ortho nitro benzene ring substituents is 1. The van der Waals surface area contributed by atoms with Crippen LogP contribution in [0, 0.1) is 10.1 Å². The molecule has 0 unspecified atom stereocenters. The van der Waals surface area contributed by atoms with E-state index in [1.165, 1.54) is 12.1 Å². The fourth-order valence-corrected chi connectivity index (χ4v) is 2.22. The van der Waals surface area contributed by atoms with E-state index in [1.54, 1.807) is 11.0 Å². The minimum absolute atomic E-state index is 0.0838. The number of hydrogen-bond acceptors (Lipinski definition) is 4. The number of carbonyl (C=O) groups is 2. The van der Waals surface area contributed by atoms with Crippen LogP contribution >= 0.6 is 0 Å². The van der Waals surface area contributed by atoms with Crippen LogP contribution in [0.4, 0.5) is 5.69 Å². The van der Waals surface area contributed by atoms with Crippen molar-refractivity contribution in [1.82, 2.24) is 4.90 Å². The van der Waals surface area contributed by atoms with Crippen LogP contribution in [0.5, 0.6) is 0 Å². The number of hydrogen-bond donors (Lipinski definition) is 1. The smallest absolute Gasteiger partial charge is 0.303 e. The van der Waals surface area contributed by atoms with Crippen molar-refractivity contribution in [2.24, 2.45) is 0 Å². The number of amides is 1. The number of carboxylic acids is 1. The van der Waals surface area contributed by atoms with Crippen LogP contribution in [0.1, 0.15) is 35.2 Å². The zero-order chi connectivity index (χ0) is 14.7. The quantitative estimate of drug-likeness (QED) is 0.485. The van der Waals surface area contributed by atoms with Gasteiger partial charge in [-0.1, -0.05) is 0 Å². The van der Waals surface area contributed by atoms with Crippen LogP contribution in [0.25, 0.3) is 0 Å². The summed E-state index contributed by atoms with van der Waals surface area (Å²) in [7, 11) is 0. The highest BCUT2D eigenvalue weighted by Crippen LogP contribution is 2.26. The Labute approximate surface area is 115 Å². The second kappa shape index (κ2) is 5.68. The Hall–Kier alpha value is -2.44. The summed E-state index contributed by atoms with van der Waals surface area (Å²) < 4.78 is 0.